The van der Waals surface area contributed by atoms with Crippen LogP contribution in [0.4, 0.5) is 23.4 Å². The number of amides is 2. The predicted molar refractivity (Wildman–Crippen MR) is 163 cm³/mol. The summed E-state index contributed by atoms with van der Waals surface area (Å²) in [6.45, 7) is 0.597. The first-order chi connectivity index (χ1) is 21.8. The lowest BCUT2D eigenvalue weighted by molar-refractivity contribution is -0.163. The van der Waals surface area contributed by atoms with E-state index in [4.69, 9.17) is 16.3 Å². The van der Waals surface area contributed by atoms with E-state index in [-0.39, 0.29) is 44.2 Å². The molecular weight excluding hydrogens is 630 g/mol. The van der Waals surface area contributed by atoms with Crippen LogP contribution in [0, 0.1) is 11.7 Å². The maximum absolute atomic E-state index is 15.6. The Morgan fingerprint density at radius 1 is 1.00 bits per heavy atom. The van der Waals surface area contributed by atoms with Gasteiger partial charge in [0.1, 0.15) is 23.8 Å². The Bertz CT molecular complexity index is 1630. The van der Waals surface area contributed by atoms with Crippen LogP contribution in [0.5, 0.6) is 5.75 Å². The van der Waals surface area contributed by atoms with Gasteiger partial charge < -0.3 is 19.4 Å². The number of carbonyl (C=O) groups excluding carboxylic acids is 2. The van der Waals surface area contributed by atoms with Crippen molar-refractivity contribution in [1.82, 2.24) is 19.6 Å². The topological polar surface area (TPSA) is 88.0 Å². The lowest BCUT2D eigenvalue weighted by Crippen LogP contribution is -2.49. The molecule has 0 spiro atoms. The average molecular weight is 664 g/mol. The normalized spacial score (nSPS) is 20.8. The molecule has 2 aliphatic heterocycles. The molecule has 2 fully saturated rings. The molecule has 0 saturated carbocycles. The molecule has 14 heteroatoms. The number of aryl methyl sites for hydroxylation is 1. The standard InChI is InChI=1S/C32H34ClF4N5O4/c1-39-29(43)12-11-28(38-39)41-17-24(23-10-9-22(46-2)15-26(23)34)25(18-41)31(45)42-14-4-3-13-40(30(44)16-32(35,36)37)19-27(42)20-5-7-21(33)8-6-20/h5-12,15,24-25,27H,3-4,13-14,16-19H2,1-2H3/t24-,25+,27?/m0/s1. The minimum atomic E-state index is -4.68. The van der Waals surface area contributed by atoms with E-state index in [1.807, 2.05) is 4.90 Å². The highest BCUT2D eigenvalue weighted by molar-refractivity contribution is 6.30. The van der Waals surface area contributed by atoms with Crippen LogP contribution in [0.3, 0.4) is 0 Å². The molecular formula is C32H34ClF4N5O4. The van der Waals surface area contributed by atoms with Crippen molar-refractivity contribution in [2.75, 3.05) is 44.7 Å². The largest absolute Gasteiger partial charge is 0.497 e. The van der Waals surface area contributed by atoms with Gasteiger partial charge in [0.2, 0.25) is 11.8 Å². The molecule has 0 radical (unpaired) electrons. The summed E-state index contributed by atoms with van der Waals surface area (Å²) in [6, 6.07) is 13.2. The smallest absolute Gasteiger partial charge is 0.397 e. The van der Waals surface area contributed by atoms with Gasteiger partial charge in [0, 0.05) is 62.8 Å². The van der Waals surface area contributed by atoms with E-state index >= 15 is 4.39 Å². The van der Waals surface area contributed by atoms with Crippen LogP contribution in [0.1, 0.15) is 42.3 Å². The molecule has 0 N–H and O–H groups in total. The number of benzene rings is 2. The van der Waals surface area contributed by atoms with Crippen molar-refractivity contribution in [2.24, 2.45) is 13.0 Å². The van der Waals surface area contributed by atoms with Crippen molar-refractivity contribution in [3.8, 4) is 5.75 Å². The summed E-state index contributed by atoms with van der Waals surface area (Å²) < 4.78 is 61.6. The van der Waals surface area contributed by atoms with Crippen molar-refractivity contribution in [3.05, 3.63) is 86.9 Å². The number of anilines is 1. The zero-order valence-corrected chi connectivity index (χ0v) is 26.1. The van der Waals surface area contributed by atoms with E-state index < -0.39 is 42.2 Å². The number of methoxy groups -OCH3 is 1. The summed E-state index contributed by atoms with van der Waals surface area (Å²) in [6.07, 6.45) is -5.44. The molecule has 9 nitrogen and oxygen atoms in total. The maximum atomic E-state index is 15.6. The van der Waals surface area contributed by atoms with Crippen molar-refractivity contribution < 1.29 is 31.9 Å². The first-order valence-corrected chi connectivity index (χ1v) is 15.3. The Hall–Kier alpha value is -4.13. The van der Waals surface area contributed by atoms with Gasteiger partial charge in [-0.1, -0.05) is 29.8 Å². The first-order valence-electron chi connectivity index (χ1n) is 14.9. The van der Waals surface area contributed by atoms with Crippen LogP contribution in [0.15, 0.2) is 59.4 Å². The number of hydrogen-bond acceptors (Lipinski definition) is 6. The van der Waals surface area contributed by atoms with Crippen molar-refractivity contribution >= 4 is 29.2 Å². The van der Waals surface area contributed by atoms with Gasteiger partial charge in [-0.2, -0.15) is 18.3 Å². The number of rotatable bonds is 6. The quantitative estimate of drug-likeness (QED) is 0.347. The Kier molecular flexibility index (Phi) is 9.90. The second kappa shape index (κ2) is 13.7. The molecule has 2 saturated heterocycles. The Morgan fingerprint density at radius 3 is 2.37 bits per heavy atom. The number of hydrogen-bond donors (Lipinski definition) is 0. The molecule has 0 aliphatic carbocycles. The molecule has 1 aromatic heterocycles. The number of alkyl halides is 3. The molecule has 246 valence electrons. The average Bonchev–Trinajstić information content (AvgIpc) is 3.43. The molecule has 2 amide bonds. The second-order valence-corrected chi connectivity index (χ2v) is 12.0. The van der Waals surface area contributed by atoms with Gasteiger partial charge >= 0.3 is 6.18 Å². The van der Waals surface area contributed by atoms with Crippen molar-refractivity contribution in [2.45, 2.75) is 37.4 Å². The fraction of sp³-hybridized carbons (Fsp3) is 0.438. The summed E-state index contributed by atoms with van der Waals surface area (Å²) >= 11 is 6.13. The molecule has 2 aliphatic rings. The van der Waals surface area contributed by atoms with Crippen molar-refractivity contribution in [1.29, 1.82) is 0 Å². The van der Waals surface area contributed by atoms with Gasteiger partial charge in [0.25, 0.3) is 5.56 Å². The van der Waals surface area contributed by atoms with Gasteiger partial charge in [-0.05, 0) is 48.2 Å². The minimum Gasteiger partial charge on any atom is -0.497 e. The zero-order chi connectivity index (χ0) is 33.2. The van der Waals surface area contributed by atoms with E-state index in [1.165, 1.54) is 35.9 Å². The monoisotopic (exact) mass is 663 g/mol. The Labute approximate surface area is 268 Å². The van der Waals surface area contributed by atoms with E-state index in [0.29, 0.717) is 40.6 Å². The van der Waals surface area contributed by atoms with Crippen LogP contribution in [0.2, 0.25) is 5.02 Å². The molecule has 0 bridgehead atoms. The third kappa shape index (κ3) is 7.46. The Balaban J connectivity index is 1.54. The predicted octanol–water partition coefficient (Wildman–Crippen LogP) is 4.95. The third-order valence-electron chi connectivity index (χ3n) is 8.60. The maximum Gasteiger partial charge on any atom is 0.397 e. The summed E-state index contributed by atoms with van der Waals surface area (Å²) in [5, 5.41) is 4.77. The Morgan fingerprint density at radius 2 is 1.72 bits per heavy atom. The van der Waals surface area contributed by atoms with Crippen molar-refractivity contribution in [3.63, 3.8) is 0 Å². The lowest BCUT2D eigenvalue weighted by atomic mass is 9.86. The third-order valence-corrected chi connectivity index (χ3v) is 8.86. The molecule has 2 aromatic carbocycles. The van der Waals surface area contributed by atoms with Crippen LogP contribution in [0.25, 0.3) is 0 Å². The summed E-state index contributed by atoms with van der Waals surface area (Å²) in [5.41, 5.74) is 0.583. The van der Waals surface area contributed by atoms with E-state index in [1.54, 1.807) is 47.4 Å². The second-order valence-electron chi connectivity index (χ2n) is 11.6. The summed E-state index contributed by atoms with van der Waals surface area (Å²) in [5.74, 6) is -2.64. The van der Waals surface area contributed by atoms with E-state index in [0.717, 1.165) is 0 Å². The van der Waals surface area contributed by atoms with E-state index in [2.05, 4.69) is 5.10 Å². The lowest BCUT2D eigenvalue weighted by Gasteiger charge is -2.40. The summed E-state index contributed by atoms with van der Waals surface area (Å²) in [7, 11) is 2.93. The van der Waals surface area contributed by atoms with Crippen LogP contribution < -0.4 is 15.2 Å². The van der Waals surface area contributed by atoms with Crippen LogP contribution >= 0.6 is 11.6 Å². The summed E-state index contributed by atoms with van der Waals surface area (Å²) in [4.78, 5) is 44.1. The highest BCUT2D eigenvalue weighted by atomic mass is 35.5. The number of nitrogens with zero attached hydrogens (tertiary/aromatic N) is 5. The molecule has 3 atom stereocenters. The first kappa shape index (κ1) is 33.2. The number of carbonyl (C=O) groups is 2. The number of halogens is 5. The van der Waals surface area contributed by atoms with Crippen LogP contribution in [-0.2, 0) is 16.6 Å². The molecule has 3 aromatic rings. The van der Waals surface area contributed by atoms with Gasteiger partial charge in [-0.3, -0.25) is 14.4 Å². The zero-order valence-electron chi connectivity index (χ0n) is 25.3. The number of aromatic nitrogens is 2. The minimum absolute atomic E-state index is 0.121. The number of ether oxygens (including phenoxy) is 1. The van der Waals surface area contributed by atoms with Gasteiger partial charge in [-0.25, -0.2) is 9.07 Å². The molecule has 5 rings (SSSR count). The highest BCUT2D eigenvalue weighted by Crippen LogP contribution is 2.40. The van der Waals surface area contributed by atoms with Gasteiger partial charge in [0.15, 0.2) is 0 Å². The fourth-order valence-electron chi connectivity index (χ4n) is 6.25. The van der Waals surface area contributed by atoms with Crippen LogP contribution in [-0.4, -0.2) is 77.4 Å². The fourth-order valence-corrected chi connectivity index (χ4v) is 6.37. The molecule has 1 unspecified atom stereocenters. The SMILES string of the molecule is COc1ccc([C@@H]2CN(c3ccc(=O)n(C)n3)C[C@H]2C(=O)N2CCCCN(C(=O)CC(F)(F)F)CC2c2ccc(Cl)cc2)c(F)c1. The highest BCUT2D eigenvalue weighted by Gasteiger charge is 2.44. The van der Waals surface area contributed by atoms with E-state index in [9.17, 15) is 27.6 Å². The molecule has 3 heterocycles. The van der Waals surface area contributed by atoms with Gasteiger partial charge in [-0.15, -0.1) is 0 Å². The molecule has 46 heavy (non-hydrogen) atoms. The van der Waals surface area contributed by atoms with Gasteiger partial charge in [0.05, 0.1) is 19.1 Å².